The van der Waals surface area contributed by atoms with Crippen LogP contribution < -0.4 is 10.6 Å². The van der Waals surface area contributed by atoms with E-state index in [1.165, 1.54) is 24.3 Å². The summed E-state index contributed by atoms with van der Waals surface area (Å²) in [7, 11) is 0. The number of anilines is 1. The molecule has 0 aliphatic carbocycles. The Hall–Kier alpha value is -2.95. The lowest BCUT2D eigenvalue weighted by atomic mass is 10.2. The zero-order chi connectivity index (χ0) is 16.5. The second kappa shape index (κ2) is 8.48. The van der Waals surface area contributed by atoms with Crippen LogP contribution in [0.4, 0.5) is 10.1 Å². The Morgan fingerprint density at radius 1 is 1.04 bits per heavy atom. The molecule has 0 fully saturated rings. The van der Waals surface area contributed by atoms with E-state index >= 15 is 0 Å². The van der Waals surface area contributed by atoms with E-state index in [1.807, 2.05) is 30.3 Å². The van der Waals surface area contributed by atoms with Gasteiger partial charge in [0.25, 0.3) is 0 Å². The first-order chi connectivity index (χ1) is 11.1. The fourth-order valence-electron chi connectivity index (χ4n) is 1.88. The first-order valence-corrected chi connectivity index (χ1v) is 7.20. The molecule has 118 valence electrons. The summed E-state index contributed by atoms with van der Waals surface area (Å²) >= 11 is 0. The van der Waals surface area contributed by atoms with Crippen LogP contribution >= 0.6 is 0 Å². The molecule has 0 atom stereocenters. The SMILES string of the molecule is O=C(/C=C/c1ccccc1)NCCC(=O)Nc1cccc(F)c1. The van der Waals surface area contributed by atoms with Crippen molar-refractivity contribution < 1.29 is 14.0 Å². The summed E-state index contributed by atoms with van der Waals surface area (Å²) in [5.74, 6) is -0.975. The van der Waals surface area contributed by atoms with Crippen molar-refractivity contribution >= 4 is 23.6 Å². The average Bonchev–Trinajstić information content (AvgIpc) is 2.54. The number of hydrogen-bond acceptors (Lipinski definition) is 2. The molecular formula is C18H17FN2O2. The molecule has 0 heterocycles. The monoisotopic (exact) mass is 312 g/mol. The maximum Gasteiger partial charge on any atom is 0.244 e. The van der Waals surface area contributed by atoms with Crippen LogP contribution in [-0.4, -0.2) is 18.4 Å². The van der Waals surface area contributed by atoms with Crippen molar-refractivity contribution in [2.45, 2.75) is 6.42 Å². The lowest BCUT2D eigenvalue weighted by molar-refractivity contribution is -0.117. The molecule has 0 aliphatic rings. The number of nitrogens with one attached hydrogen (secondary N) is 2. The van der Waals surface area contributed by atoms with Gasteiger partial charge < -0.3 is 10.6 Å². The van der Waals surface area contributed by atoms with Gasteiger partial charge in [-0.15, -0.1) is 0 Å². The minimum atomic E-state index is -0.415. The van der Waals surface area contributed by atoms with Gasteiger partial charge in [-0.3, -0.25) is 9.59 Å². The molecule has 0 aliphatic heterocycles. The molecule has 2 rings (SSSR count). The minimum Gasteiger partial charge on any atom is -0.352 e. The zero-order valence-corrected chi connectivity index (χ0v) is 12.5. The van der Waals surface area contributed by atoms with Gasteiger partial charge in [-0.05, 0) is 29.8 Å². The third-order valence-corrected chi connectivity index (χ3v) is 2.99. The van der Waals surface area contributed by atoms with Crippen molar-refractivity contribution in [3.05, 3.63) is 72.1 Å². The first-order valence-electron chi connectivity index (χ1n) is 7.20. The highest BCUT2D eigenvalue weighted by Gasteiger charge is 2.04. The summed E-state index contributed by atoms with van der Waals surface area (Å²) in [6.45, 7) is 0.207. The Morgan fingerprint density at radius 2 is 1.83 bits per heavy atom. The van der Waals surface area contributed by atoms with Gasteiger partial charge >= 0.3 is 0 Å². The van der Waals surface area contributed by atoms with Gasteiger partial charge in [-0.2, -0.15) is 0 Å². The van der Waals surface area contributed by atoms with E-state index in [0.29, 0.717) is 5.69 Å². The largest absolute Gasteiger partial charge is 0.352 e. The van der Waals surface area contributed by atoms with Crippen LogP contribution in [0.15, 0.2) is 60.7 Å². The quantitative estimate of drug-likeness (QED) is 0.806. The maximum atomic E-state index is 13.0. The van der Waals surface area contributed by atoms with Crippen molar-refractivity contribution in [2.75, 3.05) is 11.9 Å². The van der Waals surface area contributed by atoms with E-state index in [1.54, 1.807) is 12.1 Å². The van der Waals surface area contributed by atoms with Crippen molar-refractivity contribution in [1.29, 1.82) is 0 Å². The molecule has 2 aromatic rings. The Balaban J connectivity index is 1.71. The molecule has 0 spiro atoms. The molecule has 5 heteroatoms. The first kappa shape index (κ1) is 16.4. The van der Waals surface area contributed by atoms with Crippen molar-refractivity contribution in [1.82, 2.24) is 5.32 Å². The number of halogens is 1. The second-order valence-corrected chi connectivity index (χ2v) is 4.84. The Labute approximate surface area is 134 Å². The Morgan fingerprint density at radius 3 is 2.57 bits per heavy atom. The molecule has 0 saturated carbocycles. The molecule has 0 saturated heterocycles. The van der Waals surface area contributed by atoms with Gasteiger partial charge in [0.2, 0.25) is 11.8 Å². The van der Waals surface area contributed by atoms with Crippen LogP contribution in [0.3, 0.4) is 0 Å². The molecular weight excluding hydrogens is 295 g/mol. The lowest BCUT2D eigenvalue weighted by Gasteiger charge is -2.05. The van der Waals surface area contributed by atoms with Gasteiger partial charge in [0.05, 0.1) is 0 Å². The van der Waals surface area contributed by atoms with E-state index in [4.69, 9.17) is 0 Å². The summed E-state index contributed by atoms with van der Waals surface area (Å²) in [5.41, 5.74) is 1.32. The summed E-state index contributed by atoms with van der Waals surface area (Å²) in [6.07, 6.45) is 3.23. The highest BCUT2D eigenvalue weighted by Crippen LogP contribution is 2.09. The van der Waals surface area contributed by atoms with Crippen molar-refractivity contribution in [3.63, 3.8) is 0 Å². The average molecular weight is 312 g/mol. The fraction of sp³-hybridized carbons (Fsp3) is 0.111. The van der Waals surface area contributed by atoms with Crippen LogP contribution in [0.2, 0.25) is 0 Å². The summed E-state index contributed by atoms with van der Waals surface area (Å²) < 4.78 is 13.0. The van der Waals surface area contributed by atoms with Gasteiger partial charge in [0.1, 0.15) is 5.82 Å². The van der Waals surface area contributed by atoms with Crippen molar-refractivity contribution in [2.24, 2.45) is 0 Å². The smallest absolute Gasteiger partial charge is 0.244 e. The number of carbonyl (C=O) groups is 2. The molecule has 0 unspecified atom stereocenters. The topological polar surface area (TPSA) is 58.2 Å². The van der Waals surface area contributed by atoms with Crippen LogP contribution in [0, 0.1) is 5.82 Å². The Kier molecular flexibility index (Phi) is 6.06. The van der Waals surface area contributed by atoms with Gasteiger partial charge in [-0.25, -0.2) is 4.39 Å². The van der Waals surface area contributed by atoms with E-state index < -0.39 is 5.82 Å². The summed E-state index contributed by atoms with van der Waals surface area (Å²) in [4.78, 5) is 23.3. The third kappa shape index (κ3) is 6.13. The van der Waals surface area contributed by atoms with Gasteiger partial charge in [-0.1, -0.05) is 36.4 Å². The lowest BCUT2D eigenvalue weighted by Crippen LogP contribution is -2.26. The number of amides is 2. The van der Waals surface area contributed by atoms with E-state index in [0.717, 1.165) is 5.56 Å². The normalized spacial score (nSPS) is 10.5. The van der Waals surface area contributed by atoms with Crippen molar-refractivity contribution in [3.8, 4) is 0 Å². The molecule has 2 N–H and O–H groups in total. The van der Waals surface area contributed by atoms with E-state index in [-0.39, 0.29) is 24.8 Å². The Bertz CT molecular complexity index is 699. The number of hydrogen-bond donors (Lipinski definition) is 2. The molecule has 0 aromatic heterocycles. The number of carbonyl (C=O) groups excluding carboxylic acids is 2. The predicted octanol–water partition coefficient (Wildman–Crippen LogP) is 2.98. The van der Waals surface area contributed by atoms with Gasteiger partial charge in [0, 0.05) is 24.7 Å². The number of rotatable bonds is 6. The molecule has 4 nitrogen and oxygen atoms in total. The standard InChI is InChI=1S/C18H17FN2O2/c19-15-7-4-8-16(13-15)21-18(23)11-12-20-17(22)10-9-14-5-2-1-3-6-14/h1-10,13H,11-12H2,(H,20,22)(H,21,23)/b10-9+. The molecule has 2 amide bonds. The van der Waals surface area contributed by atoms with E-state index in [2.05, 4.69) is 10.6 Å². The third-order valence-electron chi connectivity index (χ3n) is 2.99. The molecule has 0 radical (unpaired) electrons. The summed E-state index contributed by atoms with van der Waals surface area (Å²) in [6, 6.07) is 15.1. The zero-order valence-electron chi connectivity index (χ0n) is 12.5. The molecule has 0 bridgehead atoms. The van der Waals surface area contributed by atoms with E-state index in [9.17, 15) is 14.0 Å². The number of benzene rings is 2. The molecule has 2 aromatic carbocycles. The molecule has 23 heavy (non-hydrogen) atoms. The van der Waals surface area contributed by atoms with Crippen LogP contribution in [0.1, 0.15) is 12.0 Å². The van der Waals surface area contributed by atoms with Gasteiger partial charge in [0.15, 0.2) is 0 Å². The van der Waals surface area contributed by atoms with Crippen LogP contribution in [-0.2, 0) is 9.59 Å². The minimum absolute atomic E-state index is 0.113. The summed E-state index contributed by atoms with van der Waals surface area (Å²) in [5, 5.41) is 5.19. The van der Waals surface area contributed by atoms with Crippen LogP contribution in [0.25, 0.3) is 6.08 Å². The predicted molar refractivity (Wildman–Crippen MR) is 88.1 cm³/mol. The maximum absolute atomic E-state index is 13.0. The highest BCUT2D eigenvalue weighted by molar-refractivity contribution is 5.93. The second-order valence-electron chi connectivity index (χ2n) is 4.84. The highest BCUT2D eigenvalue weighted by atomic mass is 19.1. The fourth-order valence-corrected chi connectivity index (χ4v) is 1.88. The van der Waals surface area contributed by atoms with Crippen LogP contribution in [0.5, 0.6) is 0 Å².